The number of amides is 1. The lowest BCUT2D eigenvalue weighted by atomic mass is 10.2. The van der Waals surface area contributed by atoms with E-state index in [0.717, 1.165) is 31.6 Å². The number of nitriles is 1. The number of likely N-dealkylation sites (tertiary alicyclic amines) is 1. The minimum absolute atomic E-state index is 0.158. The summed E-state index contributed by atoms with van der Waals surface area (Å²) in [5.74, 6) is -0.158. The van der Waals surface area contributed by atoms with Crippen LogP contribution in [0.3, 0.4) is 0 Å². The minimum Gasteiger partial charge on any atom is -0.362 e. The first-order valence-electron chi connectivity index (χ1n) is 5.36. The quantitative estimate of drug-likeness (QED) is 0.601. The first-order valence-corrected chi connectivity index (χ1v) is 5.36. The van der Waals surface area contributed by atoms with Gasteiger partial charge in [0, 0.05) is 25.0 Å². The highest BCUT2D eigenvalue weighted by atomic mass is 16.2. The molecule has 4 nitrogen and oxygen atoms in total. The summed E-state index contributed by atoms with van der Waals surface area (Å²) in [5.41, 5.74) is 0.980. The molecule has 1 fully saturated rings. The lowest BCUT2D eigenvalue weighted by Crippen LogP contribution is -2.28. The van der Waals surface area contributed by atoms with Gasteiger partial charge in [-0.25, -0.2) is 0 Å². The van der Waals surface area contributed by atoms with Crippen molar-refractivity contribution in [1.29, 1.82) is 5.26 Å². The Kier molecular flexibility index (Phi) is 3.06. The second-order valence-corrected chi connectivity index (χ2v) is 3.79. The molecule has 1 saturated heterocycles. The molecule has 0 aromatic carbocycles. The molecule has 16 heavy (non-hydrogen) atoms. The first-order chi connectivity index (χ1) is 7.81. The van der Waals surface area contributed by atoms with E-state index in [9.17, 15) is 4.79 Å². The van der Waals surface area contributed by atoms with E-state index in [1.54, 1.807) is 17.2 Å². The van der Waals surface area contributed by atoms with Crippen LogP contribution in [0.4, 0.5) is 0 Å². The van der Waals surface area contributed by atoms with E-state index in [2.05, 4.69) is 4.98 Å². The van der Waals surface area contributed by atoms with Crippen LogP contribution in [0.5, 0.6) is 0 Å². The molecular formula is C12H13N3O. The maximum Gasteiger partial charge on any atom is 0.264 e. The smallest absolute Gasteiger partial charge is 0.264 e. The number of carbonyl (C=O) groups excluding carboxylic acids is 1. The monoisotopic (exact) mass is 215 g/mol. The van der Waals surface area contributed by atoms with Crippen LogP contribution in [0.2, 0.25) is 0 Å². The van der Waals surface area contributed by atoms with Crippen molar-refractivity contribution in [3.63, 3.8) is 0 Å². The predicted molar refractivity (Wildman–Crippen MR) is 60.2 cm³/mol. The fourth-order valence-corrected chi connectivity index (χ4v) is 1.82. The predicted octanol–water partition coefficient (Wildman–Crippen LogP) is 1.54. The van der Waals surface area contributed by atoms with E-state index in [-0.39, 0.29) is 11.5 Å². The van der Waals surface area contributed by atoms with E-state index in [4.69, 9.17) is 5.26 Å². The number of aromatic nitrogens is 1. The second kappa shape index (κ2) is 4.67. The lowest BCUT2D eigenvalue weighted by molar-refractivity contribution is -0.125. The van der Waals surface area contributed by atoms with Gasteiger partial charge in [-0.1, -0.05) is 0 Å². The zero-order valence-corrected chi connectivity index (χ0v) is 8.94. The van der Waals surface area contributed by atoms with Crippen LogP contribution in [0.15, 0.2) is 23.9 Å². The number of nitrogens with zero attached hydrogens (tertiary/aromatic N) is 2. The standard InChI is InChI=1S/C12H13N3O/c13-9-10(8-11-4-3-5-14-11)12(16)15-6-1-2-7-15/h3-5,8,14H,1-2,6-7H2/b10-8+. The molecule has 2 heterocycles. The molecule has 1 aromatic rings. The van der Waals surface area contributed by atoms with Gasteiger partial charge in [0.25, 0.3) is 5.91 Å². The highest BCUT2D eigenvalue weighted by Crippen LogP contribution is 2.13. The average molecular weight is 215 g/mol. The molecular weight excluding hydrogens is 202 g/mol. The Morgan fingerprint density at radius 1 is 1.50 bits per heavy atom. The van der Waals surface area contributed by atoms with E-state index >= 15 is 0 Å². The number of hydrogen-bond donors (Lipinski definition) is 1. The maximum atomic E-state index is 11.9. The van der Waals surface area contributed by atoms with E-state index in [1.807, 2.05) is 18.2 Å². The number of carbonyl (C=O) groups is 1. The summed E-state index contributed by atoms with van der Waals surface area (Å²) in [5, 5.41) is 8.98. The third-order valence-electron chi connectivity index (χ3n) is 2.67. The molecule has 0 aliphatic carbocycles. The maximum absolute atomic E-state index is 11.9. The van der Waals surface area contributed by atoms with Gasteiger partial charge < -0.3 is 9.88 Å². The topological polar surface area (TPSA) is 59.9 Å². The Morgan fingerprint density at radius 3 is 2.81 bits per heavy atom. The second-order valence-electron chi connectivity index (χ2n) is 3.79. The van der Waals surface area contributed by atoms with Crippen molar-refractivity contribution in [1.82, 2.24) is 9.88 Å². The third kappa shape index (κ3) is 2.14. The largest absolute Gasteiger partial charge is 0.362 e. The van der Waals surface area contributed by atoms with Gasteiger partial charge in [0.15, 0.2) is 0 Å². The number of rotatable bonds is 2. The summed E-state index contributed by atoms with van der Waals surface area (Å²) in [4.78, 5) is 16.6. The summed E-state index contributed by atoms with van der Waals surface area (Å²) < 4.78 is 0. The third-order valence-corrected chi connectivity index (χ3v) is 2.67. The van der Waals surface area contributed by atoms with Crippen molar-refractivity contribution < 1.29 is 4.79 Å². The SMILES string of the molecule is N#C/C(=C\c1ccc[nH]1)C(=O)N1CCCC1. The summed E-state index contributed by atoms with van der Waals surface area (Å²) in [7, 11) is 0. The van der Waals surface area contributed by atoms with Crippen molar-refractivity contribution in [3.05, 3.63) is 29.6 Å². The summed E-state index contributed by atoms with van der Waals surface area (Å²) in [6.07, 6.45) is 5.43. The van der Waals surface area contributed by atoms with Crippen molar-refractivity contribution >= 4 is 12.0 Å². The Labute approximate surface area is 94.2 Å². The highest BCUT2D eigenvalue weighted by Gasteiger charge is 2.21. The van der Waals surface area contributed by atoms with Crippen LogP contribution in [0.1, 0.15) is 18.5 Å². The molecule has 0 saturated carbocycles. The Hall–Kier alpha value is -2.02. The molecule has 1 N–H and O–H groups in total. The van der Waals surface area contributed by atoms with Crippen molar-refractivity contribution in [2.24, 2.45) is 0 Å². The van der Waals surface area contributed by atoms with Gasteiger partial charge in [0.05, 0.1) is 0 Å². The number of H-pyrrole nitrogens is 1. The molecule has 0 atom stereocenters. The zero-order valence-electron chi connectivity index (χ0n) is 8.94. The molecule has 0 radical (unpaired) electrons. The molecule has 0 unspecified atom stereocenters. The van der Waals surface area contributed by atoms with E-state index < -0.39 is 0 Å². The lowest BCUT2D eigenvalue weighted by Gasteiger charge is -2.13. The Morgan fingerprint density at radius 2 is 2.25 bits per heavy atom. The molecule has 1 amide bonds. The molecule has 82 valence electrons. The van der Waals surface area contributed by atoms with Crippen LogP contribution in [-0.2, 0) is 4.79 Å². The van der Waals surface area contributed by atoms with Crippen LogP contribution >= 0.6 is 0 Å². The van der Waals surface area contributed by atoms with E-state index in [0.29, 0.717) is 0 Å². The molecule has 4 heteroatoms. The average Bonchev–Trinajstić information content (AvgIpc) is 2.97. The van der Waals surface area contributed by atoms with Crippen LogP contribution < -0.4 is 0 Å². The van der Waals surface area contributed by atoms with Crippen LogP contribution in [0, 0.1) is 11.3 Å². The molecule has 1 aliphatic heterocycles. The minimum atomic E-state index is -0.158. The summed E-state index contributed by atoms with van der Waals surface area (Å²) in [6, 6.07) is 5.63. The molecule has 2 rings (SSSR count). The van der Waals surface area contributed by atoms with Gasteiger partial charge in [-0.05, 0) is 31.1 Å². The molecule has 0 bridgehead atoms. The summed E-state index contributed by atoms with van der Waals surface area (Å²) >= 11 is 0. The number of aromatic amines is 1. The fourth-order valence-electron chi connectivity index (χ4n) is 1.82. The number of hydrogen-bond acceptors (Lipinski definition) is 2. The Balaban J connectivity index is 2.16. The zero-order chi connectivity index (χ0) is 11.4. The van der Waals surface area contributed by atoms with Crippen LogP contribution in [0.25, 0.3) is 6.08 Å². The van der Waals surface area contributed by atoms with Gasteiger partial charge in [0.2, 0.25) is 0 Å². The van der Waals surface area contributed by atoms with Crippen molar-refractivity contribution in [2.45, 2.75) is 12.8 Å². The number of nitrogens with one attached hydrogen (secondary N) is 1. The van der Waals surface area contributed by atoms with Crippen molar-refractivity contribution in [2.75, 3.05) is 13.1 Å². The Bertz CT molecular complexity index is 433. The highest BCUT2D eigenvalue weighted by molar-refractivity contribution is 6.01. The van der Waals surface area contributed by atoms with Gasteiger partial charge in [-0.2, -0.15) is 5.26 Å². The normalized spacial score (nSPS) is 16.2. The first kappa shape index (κ1) is 10.5. The van der Waals surface area contributed by atoms with E-state index in [1.165, 1.54) is 0 Å². The molecule has 1 aromatic heterocycles. The van der Waals surface area contributed by atoms with Gasteiger partial charge >= 0.3 is 0 Å². The molecule has 1 aliphatic rings. The van der Waals surface area contributed by atoms with Gasteiger partial charge in [-0.3, -0.25) is 4.79 Å². The summed E-state index contributed by atoms with van der Waals surface area (Å²) in [6.45, 7) is 1.53. The van der Waals surface area contributed by atoms with Crippen molar-refractivity contribution in [3.8, 4) is 6.07 Å². The van der Waals surface area contributed by atoms with Crippen LogP contribution in [-0.4, -0.2) is 28.9 Å². The van der Waals surface area contributed by atoms with Gasteiger partial charge in [-0.15, -0.1) is 0 Å². The fraction of sp³-hybridized carbons (Fsp3) is 0.333. The molecule has 0 spiro atoms. The van der Waals surface area contributed by atoms with Gasteiger partial charge in [0.1, 0.15) is 11.6 Å².